The maximum Gasteiger partial charge on any atom is 0.338 e. The van der Waals surface area contributed by atoms with E-state index in [1.807, 2.05) is 31.2 Å². The van der Waals surface area contributed by atoms with Gasteiger partial charge in [-0.3, -0.25) is 14.5 Å². The molecule has 0 spiro atoms. The minimum atomic E-state index is -0.451. The van der Waals surface area contributed by atoms with Gasteiger partial charge in [-0.25, -0.2) is 4.79 Å². The Kier molecular flexibility index (Phi) is 5.70. The third-order valence-corrected chi connectivity index (χ3v) is 4.66. The third-order valence-electron chi connectivity index (χ3n) is 4.35. The fraction of sp³-hybridized carbons (Fsp3) is 0.200. The summed E-state index contributed by atoms with van der Waals surface area (Å²) in [5.74, 6) is -0.146. The van der Waals surface area contributed by atoms with Gasteiger partial charge in [0.05, 0.1) is 12.7 Å². The summed E-state index contributed by atoms with van der Waals surface area (Å²) in [6, 6.07) is 12.9. The first-order valence-corrected chi connectivity index (χ1v) is 9.01. The van der Waals surface area contributed by atoms with Gasteiger partial charge in [-0.15, -0.1) is 0 Å². The van der Waals surface area contributed by atoms with Gasteiger partial charge in [-0.2, -0.15) is 5.10 Å². The van der Waals surface area contributed by atoms with E-state index < -0.39 is 5.97 Å². The summed E-state index contributed by atoms with van der Waals surface area (Å²) in [4.78, 5) is 24.5. The van der Waals surface area contributed by atoms with Gasteiger partial charge in [-0.05, 0) is 49.8 Å². The molecule has 1 heterocycles. The Hall–Kier alpha value is -3.26. The lowest BCUT2D eigenvalue weighted by molar-refractivity contribution is -0.116. The van der Waals surface area contributed by atoms with E-state index in [0.29, 0.717) is 27.4 Å². The molecule has 1 amide bonds. The Morgan fingerprint density at radius 2 is 1.96 bits per heavy atom. The van der Waals surface area contributed by atoms with Gasteiger partial charge in [0.1, 0.15) is 6.54 Å². The molecule has 0 fully saturated rings. The van der Waals surface area contributed by atoms with Gasteiger partial charge in [0.25, 0.3) is 0 Å². The summed E-state index contributed by atoms with van der Waals surface area (Å²) < 4.78 is 6.76. The lowest BCUT2D eigenvalue weighted by Gasteiger charge is -2.12. The van der Waals surface area contributed by atoms with E-state index in [9.17, 15) is 9.59 Å². The highest BCUT2D eigenvalue weighted by Crippen LogP contribution is 2.21. The number of anilines is 1. The molecular weight excluding hydrogens is 376 g/mol. The van der Waals surface area contributed by atoms with Crippen LogP contribution in [0.2, 0.25) is 0 Å². The number of rotatable bonds is 5. The average molecular weight is 396 g/mol. The van der Waals surface area contributed by atoms with Crippen LogP contribution in [0.1, 0.15) is 21.5 Å². The lowest BCUT2D eigenvalue weighted by Crippen LogP contribution is -2.20. The largest absolute Gasteiger partial charge is 0.465 e. The Bertz CT molecular complexity index is 1100. The number of hydrogen-bond acceptors (Lipinski definition) is 5. The van der Waals surface area contributed by atoms with Crippen LogP contribution in [0.3, 0.4) is 0 Å². The molecule has 0 atom stereocenters. The van der Waals surface area contributed by atoms with E-state index >= 15 is 0 Å². The SMILES string of the molecule is COC(=O)c1cccc(NC(=O)Cn2c(-c3cccc(C)c3)n[nH]c2=S)c1C. The van der Waals surface area contributed by atoms with E-state index in [0.717, 1.165) is 11.1 Å². The topological polar surface area (TPSA) is 89.0 Å². The molecule has 0 aliphatic heterocycles. The fourth-order valence-corrected chi connectivity index (χ4v) is 3.10. The van der Waals surface area contributed by atoms with Gasteiger partial charge in [0.15, 0.2) is 10.6 Å². The Morgan fingerprint density at radius 1 is 1.21 bits per heavy atom. The van der Waals surface area contributed by atoms with Crippen LogP contribution in [-0.4, -0.2) is 33.8 Å². The number of esters is 1. The molecule has 2 N–H and O–H groups in total. The summed E-state index contributed by atoms with van der Waals surface area (Å²) in [7, 11) is 1.32. The molecule has 8 heteroatoms. The highest BCUT2D eigenvalue weighted by Gasteiger charge is 2.16. The molecule has 3 aromatic rings. The molecule has 0 saturated carbocycles. The number of ether oxygens (including phenoxy) is 1. The van der Waals surface area contributed by atoms with E-state index in [4.69, 9.17) is 17.0 Å². The van der Waals surface area contributed by atoms with Crippen LogP contribution >= 0.6 is 12.2 Å². The molecule has 1 aromatic heterocycles. The van der Waals surface area contributed by atoms with Crippen LogP contribution in [0.25, 0.3) is 11.4 Å². The monoisotopic (exact) mass is 396 g/mol. The average Bonchev–Trinajstić information content (AvgIpc) is 3.03. The number of carbonyl (C=O) groups excluding carboxylic acids is 2. The molecule has 0 aliphatic rings. The molecule has 0 radical (unpaired) electrons. The maximum absolute atomic E-state index is 12.6. The molecule has 144 valence electrons. The predicted octanol–water partition coefficient (Wildman–Crippen LogP) is 3.65. The molecule has 2 aromatic carbocycles. The van der Waals surface area contributed by atoms with Crippen molar-refractivity contribution in [2.45, 2.75) is 20.4 Å². The van der Waals surface area contributed by atoms with Crippen LogP contribution in [0.5, 0.6) is 0 Å². The second kappa shape index (κ2) is 8.18. The van der Waals surface area contributed by atoms with Crippen molar-refractivity contribution >= 4 is 29.8 Å². The number of aromatic amines is 1. The molecule has 0 saturated heterocycles. The smallest absolute Gasteiger partial charge is 0.338 e. The van der Waals surface area contributed by atoms with Crippen molar-refractivity contribution in [2.75, 3.05) is 12.4 Å². The first-order valence-electron chi connectivity index (χ1n) is 8.60. The van der Waals surface area contributed by atoms with Crippen LogP contribution < -0.4 is 5.32 Å². The predicted molar refractivity (Wildman–Crippen MR) is 109 cm³/mol. The van der Waals surface area contributed by atoms with Crippen LogP contribution in [-0.2, 0) is 16.1 Å². The number of methoxy groups -OCH3 is 1. The van der Waals surface area contributed by atoms with Crippen molar-refractivity contribution in [3.05, 3.63) is 63.9 Å². The Balaban J connectivity index is 1.85. The zero-order valence-corrected chi connectivity index (χ0v) is 16.6. The molecule has 0 bridgehead atoms. The van der Waals surface area contributed by atoms with Crippen LogP contribution in [0.15, 0.2) is 42.5 Å². The first-order chi connectivity index (χ1) is 13.4. The second-order valence-electron chi connectivity index (χ2n) is 6.33. The van der Waals surface area contributed by atoms with Gasteiger partial charge in [-0.1, -0.05) is 29.8 Å². The zero-order chi connectivity index (χ0) is 20.3. The van der Waals surface area contributed by atoms with E-state index in [-0.39, 0.29) is 12.5 Å². The van der Waals surface area contributed by atoms with Crippen molar-refractivity contribution in [2.24, 2.45) is 0 Å². The van der Waals surface area contributed by atoms with Crippen molar-refractivity contribution in [1.82, 2.24) is 14.8 Å². The summed E-state index contributed by atoms with van der Waals surface area (Å²) in [6.07, 6.45) is 0. The minimum Gasteiger partial charge on any atom is -0.465 e. The lowest BCUT2D eigenvalue weighted by atomic mass is 10.1. The van der Waals surface area contributed by atoms with Gasteiger partial charge >= 0.3 is 5.97 Å². The molecule has 0 unspecified atom stereocenters. The molecule has 7 nitrogen and oxygen atoms in total. The minimum absolute atomic E-state index is 0.0134. The number of H-pyrrole nitrogens is 1. The highest BCUT2D eigenvalue weighted by atomic mass is 32.1. The zero-order valence-electron chi connectivity index (χ0n) is 15.8. The molecule has 3 rings (SSSR count). The van der Waals surface area contributed by atoms with E-state index in [1.54, 1.807) is 29.7 Å². The summed E-state index contributed by atoms with van der Waals surface area (Å²) in [6.45, 7) is 3.73. The third kappa shape index (κ3) is 4.01. The number of amides is 1. The number of hydrogen-bond donors (Lipinski definition) is 2. The molecular formula is C20H20N4O3S. The summed E-state index contributed by atoms with van der Waals surface area (Å²) in [5, 5.41) is 9.83. The van der Waals surface area contributed by atoms with Gasteiger partial charge in [0.2, 0.25) is 5.91 Å². The quantitative estimate of drug-likeness (QED) is 0.508. The molecule has 0 aliphatic carbocycles. The number of aryl methyl sites for hydroxylation is 1. The Morgan fingerprint density at radius 3 is 2.68 bits per heavy atom. The van der Waals surface area contributed by atoms with Crippen LogP contribution in [0, 0.1) is 18.6 Å². The maximum atomic E-state index is 12.6. The number of nitrogens with one attached hydrogen (secondary N) is 2. The Labute approximate surface area is 167 Å². The van der Waals surface area contributed by atoms with Gasteiger partial charge in [0, 0.05) is 11.3 Å². The second-order valence-corrected chi connectivity index (χ2v) is 6.71. The van der Waals surface area contributed by atoms with E-state index in [2.05, 4.69) is 15.5 Å². The fourth-order valence-electron chi connectivity index (χ4n) is 2.90. The number of nitrogens with zero attached hydrogens (tertiary/aromatic N) is 2. The summed E-state index contributed by atoms with van der Waals surface area (Å²) >= 11 is 5.29. The molecule has 28 heavy (non-hydrogen) atoms. The normalized spacial score (nSPS) is 10.5. The first kappa shape index (κ1) is 19.5. The van der Waals surface area contributed by atoms with Crippen molar-refractivity contribution in [3.63, 3.8) is 0 Å². The van der Waals surface area contributed by atoms with Crippen LogP contribution in [0.4, 0.5) is 5.69 Å². The van der Waals surface area contributed by atoms with E-state index in [1.165, 1.54) is 7.11 Å². The number of benzene rings is 2. The van der Waals surface area contributed by atoms with Crippen molar-refractivity contribution in [1.29, 1.82) is 0 Å². The number of aromatic nitrogens is 3. The standard InChI is InChI=1S/C20H20N4O3S/c1-12-6-4-7-14(10-12)18-22-23-20(28)24(18)11-17(25)21-16-9-5-8-15(13(16)2)19(26)27-3/h4-10H,11H2,1-3H3,(H,21,25)(H,23,28). The summed E-state index contributed by atoms with van der Waals surface area (Å²) in [5.41, 5.74) is 3.53. The van der Waals surface area contributed by atoms with Crippen molar-refractivity contribution in [3.8, 4) is 11.4 Å². The number of carbonyl (C=O) groups is 2. The van der Waals surface area contributed by atoms with Gasteiger partial charge < -0.3 is 10.1 Å². The highest BCUT2D eigenvalue weighted by molar-refractivity contribution is 7.71. The van der Waals surface area contributed by atoms with Crippen molar-refractivity contribution < 1.29 is 14.3 Å².